The van der Waals surface area contributed by atoms with Crippen molar-refractivity contribution in [2.45, 2.75) is 24.3 Å². The van der Waals surface area contributed by atoms with E-state index in [-0.39, 0.29) is 12.6 Å². The van der Waals surface area contributed by atoms with E-state index >= 15 is 0 Å². The number of methoxy groups -OCH3 is 1. The highest BCUT2D eigenvalue weighted by molar-refractivity contribution is 7.99. The molecule has 104 valence electrons. The third-order valence-corrected chi connectivity index (χ3v) is 3.58. The van der Waals surface area contributed by atoms with E-state index in [2.05, 4.69) is 18.3 Å². The summed E-state index contributed by atoms with van der Waals surface area (Å²) in [4.78, 5) is 0.982. The normalized spacial score (nSPS) is 11.9. The van der Waals surface area contributed by atoms with Crippen molar-refractivity contribution in [3.05, 3.63) is 23.8 Å². The summed E-state index contributed by atoms with van der Waals surface area (Å²) in [7, 11) is 1.63. The van der Waals surface area contributed by atoms with Crippen molar-refractivity contribution in [2.24, 2.45) is 0 Å². The minimum Gasteiger partial charge on any atom is -0.396 e. The van der Waals surface area contributed by atoms with Crippen LogP contribution in [0.2, 0.25) is 0 Å². The number of hydrogen-bond acceptors (Lipinski definition) is 5. The Kier molecular flexibility index (Phi) is 7.34. The largest absolute Gasteiger partial charge is 0.396 e. The van der Waals surface area contributed by atoms with Crippen molar-refractivity contribution in [1.29, 1.82) is 5.26 Å². The zero-order chi connectivity index (χ0) is 14.1. The van der Waals surface area contributed by atoms with Crippen LogP contribution in [0.4, 0.5) is 5.69 Å². The molecule has 0 radical (unpaired) electrons. The van der Waals surface area contributed by atoms with Gasteiger partial charge in [-0.2, -0.15) is 5.26 Å². The highest BCUT2D eigenvalue weighted by atomic mass is 32.2. The minimum atomic E-state index is 0.00368. The van der Waals surface area contributed by atoms with E-state index in [0.717, 1.165) is 16.3 Å². The van der Waals surface area contributed by atoms with E-state index in [4.69, 9.17) is 9.84 Å². The Bertz CT molecular complexity index is 426. The standard InChI is InChI=1S/C14H20N2O2S/c1-3-19-14-6-4-5-13(12(14)9-15)16-11(7-8-17)10-18-2/h4-6,11,16-17H,3,7-8,10H2,1-2H3. The first-order chi connectivity index (χ1) is 9.26. The van der Waals surface area contributed by atoms with Crippen LogP contribution in [0.1, 0.15) is 18.9 Å². The molecule has 1 aromatic rings. The molecule has 4 nitrogen and oxygen atoms in total. The molecule has 1 unspecified atom stereocenters. The molecule has 0 spiro atoms. The second-order valence-electron chi connectivity index (χ2n) is 4.03. The molecule has 19 heavy (non-hydrogen) atoms. The molecule has 0 saturated heterocycles. The first-order valence-electron chi connectivity index (χ1n) is 6.29. The second kappa shape index (κ2) is 8.81. The molecule has 1 aromatic carbocycles. The van der Waals surface area contributed by atoms with E-state index in [0.29, 0.717) is 18.6 Å². The molecule has 0 saturated carbocycles. The summed E-state index contributed by atoms with van der Waals surface area (Å²) >= 11 is 1.65. The average Bonchev–Trinajstić information content (AvgIpc) is 2.40. The molecule has 1 rings (SSSR count). The molecule has 0 aliphatic heterocycles. The first-order valence-corrected chi connectivity index (χ1v) is 7.27. The maximum absolute atomic E-state index is 9.31. The predicted molar refractivity (Wildman–Crippen MR) is 78.5 cm³/mol. The fourth-order valence-corrected chi connectivity index (χ4v) is 2.60. The third kappa shape index (κ3) is 4.75. The van der Waals surface area contributed by atoms with Gasteiger partial charge in [-0.15, -0.1) is 11.8 Å². The Morgan fingerprint density at radius 3 is 2.89 bits per heavy atom. The van der Waals surface area contributed by atoms with E-state index < -0.39 is 0 Å². The van der Waals surface area contributed by atoms with E-state index in [1.807, 2.05) is 18.2 Å². The number of anilines is 1. The summed E-state index contributed by atoms with van der Waals surface area (Å²) in [6.07, 6.45) is 0.587. The van der Waals surface area contributed by atoms with Gasteiger partial charge in [-0.05, 0) is 24.3 Å². The molecule has 0 amide bonds. The minimum absolute atomic E-state index is 0.00368. The number of hydrogen-bond donors (Lipinski definition) is 2. The smallest absolute Gasteiger partial charge is 0.102 e. The van der Waals surface area contributed by atoms with Crippen molar-refractivity contribution < 1.29 is 9.84 Å². The Hall–Kier alpha value is -1.22. The maximum atomic E-state index is 9.31. The van der Waals surface area contributed by atoms with Crippen LogP contribution < -0.4 is 5.32 Å². The van der Waals surface area contributed by atoms with Gasteiger partial charge >= 0.3 is 0 Å². The summed E-state index contributed by atoms with van der Waals surface area (Å²) in [6.45, 7) is 2.65. The lowest BCUT2D eigenvalue weighted by Crippen LogP contribution is -2.26. The SMILES string of the molecule is CCSc1cccc(NC(CCO)COC)c1C#N. The van der Waals surface area contributed by atoms with Crippen molar-refractivity contribution in [1.82, 2.24) is 0 Å². The fraction of sp³-hybridized carbons (Fsp3) is 0.500. The molecular formula is C14H20N2O2S. The van der Waals surface area contributed by atoms with Crippen molar-refractivity contribution >= 4 is 17.4 Å². The molecular weight excluding hydrogens is 260 g/mol. The molecule has 0 fully saturated rings. The first kappa shape index (κ1) is 15.8. The van der Waals surface area contributed by atoms with Crippen molar-refractivity contribution in [3.63, 3.8) is 0 Å². The van der Waals surface area contributed by atoms with E-state index in [9.17, 15) is 5.26 Å². The van der Waals surface area contributed by atoms with E-state index in [1.54, 1.807) is 18.9 Å². The Morgan fingerprint density at radius 2 is 2.32 bits per heavy atom. The molecule has 0 bridgehead atoms. The zero-order valence-electron chi connectivity index (χ0n) is 11.3. The highest BCUT2D eigenvalue weighted by Crippen LogP contribution is 2.28. The lowest BCUT2D eigenvalue weighted by Gasteiger charge is -2.19. The highest BCUT2D eigenvalue weighted by Gasteiger charge is 2.13. The van der Waals surface area contributed by atoms with Gasteiger partial charge in [0.1, 0.15) is 6.07 Å². The molecule has 0 aromatic heterocycles. The van der Waals surface area contributed by atoms with Gasteiger partial charge in [-0.1, -0.05) is 13.0 Å². The zero-order valence-corrected chi connectivity index (χ0v) is 12.2. The summed E-state index contributed by atoms with van der Waals surface area (Å²) in [5.41, 5.74) is 1.46. The van der Waals surface area contributed by atoms with Gasteiger partial charge < -0.3 is 15.2 Å². The number of nitriles is 1. The number of nitrogens with zero attached hydrogens (tertiary/aromatic N) is 1. The molecule has 0 heterocycles. The predicted octanol–water partition coefficient (Wildman–Crippen LogP) is 2.48. The summed E-state index contributed by atoms with van der Waals surface area (Å²) in [5, 5.41) is 21.6. The molecule has 2 N–H and O–H groups in total. The van der Waals surface area contributed by atoms with Gasteiger partial charge in [0.15, 0.2) is 0 Å². The van der Waals surface area contributed by atoms with Crippen LogP contribution in [-0.2, 0) is 4.74 Å². The number of aliphatic hydroxyl groups is 1. The lowest BCUT2D eigenvalue weighted by atomic mass is 10.1. The summed E-state index contributed by atoms with van der Waals surface area (Å²) < 4.78 is 5.12. The summed E-state index contributed by atoms with van der Waals surface area (Å²) in [5.74, 6) is 0.927. The number of rotatable bonds is 8. The van der Waals surface area contributed by atoms with Gasteiger partial charge in [0, 0.05) is 18.6 Å². The third-order valence-electron chi connectivity index (χ3n) is 2.64. The number of thioether (sulfide) groups is 1. The number of benzene rings is 1. The fourth-order valence-electron chi connectivity index (χ4n) is 1.82. The van der Waals surface area contributed by atoms with Gasteiger partial charge in [-0.3, -0.25) is 0 Å². The average molecular weight is 280 g/mol. The Morgan fingerprint density at radius 1 is 1.53 bits per heavy atom. The molecule has 0 aliphatic rings. The molecule has 1 atom stereocenters. The Balaban J connectivity index is 2.92. The lowest BCUT2D eigenvalue weighted by molar-refractivity contribution is 0.170. The number of nitrogens with one attached hydrogen (secondary N) is 1. The van der Waals surface area contributed by atoms with Crippen LogP contribution >= 0.6 is 11.8 Å². The maximum Gasteiger partial charge on any atom is 0.102 e. The molecule has 0 aliphatic carbocycles. The topological polar surface area (TPSA) is 65.3 Å². The quantitative estimate of drug-likeness (QED) is 0.716. The van der Waals surface area contributed by atoms with Crippen LogP contribution in [0.25, 0.3) is 0 Å². The van der Waals surface area contributed by atoms with Gasteiger partial charge in [-0.25, -0.2) is 0 Å². The van der Waals surface area contributed by atoms with Gasteiger partial charge in [0.05, 0.1) is 23.9 Å². The van der Waals surface area contributed by atoms with Crippen molar-refractivity contribution in [3.8, 4) is 6.07 Å². The Labute approximate surface area is 118 Å². The van der Waals surface area contributed by atoms with Crippen LogP contribution in [0.5, 0.6) is 0 Å². The van der Waals surface area contributed by atoms with E-state index in [1.165, 1.54) is 0 Å². The van der Waals surface area contributed by atoms with Crippen LogP contribution in [-0.4, -0.2) is 37.2 Å². The number of aliphatic hydroxyl groups excluding tert-OH is 1. The monoisotopic (exact) mass is 280 g/mol. The van der Waals surface area contributed by atoms with Crippen molar-refractivity contribution in [2.75, 3.05) is 31.4 Å². The van der Waals surface area contributed by atoms with Crippen LogP contribution in [0, 0.1) is 11.3 Å². The van der Waals surface area contributed by atoms with Crippen LogP contribution in [0.3, 0.4) is 0 Å². The van der Waals surface area contributed by atoms with Gasteiger partial charge in [0.25, 0.3) is 0 Å². The number of ether oxygens (including phenoxy) is 1. The molecule has 5 heteroatoms. The van der Waals surface area contributed by atoms with Crippen LogP contribution in [0.15, 0.2) is 23.1 Å². The van der Waals surface area contributed by atoms with Gasteiger partial charge in [0.2, 0.25) is 0 Å². The summed E-state index contributed by atoms with van der Waals surface area (Å²) in [6, 6.07) is 8.03. The second-order valence-corrected chi connectivity index (χ2v) is 5.34.